The largest absolute Gasteiger partial charge is 0.497 e. The summed E-state index contributed by atoms with van der Waals surface area (Å²) in [6, 6.07) is 12.5. The SMILES string of the molecule is COc1ccc(C[C@H](NC(=O)[C@@H](C)NC(=O)C2=Cc3ccccc3C2)C(=O)N[C@@H](CC2CCCC2)C(=O)[C@]2(C)CO2)cc1. The molecule has 0 radical (unpaired) electrons. The predicted octanol–water partition coefficient (Wildman–Crippen LogP) is 3.29. The number of methoxy groups -OCH3 is 1. The van der Waals surface area contributed by atoms with Gasteiger partial charge in [0, 0.05) is 18.4 Å². The van der Waals surface area contributed by atoms with Crippen LogP contribution in [-0.4, -0.2) is 60.9 Å². The van der Waals surface area contributed by atoms with E-state index in [1.807, 2.05) is 42.5 Å². The molecule has 1 aliphatic heterocycles. The molecule has 1 heterocycles. The average molecular weight is 588 g/mol. The van der Waals surface area contributed by atoms with Gasteiger partial charge in [-0.15, -0.1) is 0 Å². The molecule has 0 spiro atoms. The van der Waals surface area contributed by atoms with Gasteiger partial charge >= 0.3 is 0 Å². The van der Waals surface area contributed by atoms with Gasteiger partial charge in [-0.2, -0.15) is 0 Å². The van der Waals surface area contributed by atoms with Gasteiger partial charge in [-0.3, -0.25) is 19.2 Å². The van der Waals surface area contributed by atoms with Gasteiger partial charge in [0.05, 0.1) is 19.8 Å². The summed E-state index contributed by atoms with van der Waals surface area (Å²) in [7, 11) is 1.58. The lowest BCUT2D eigenvalue weighted by Gasteiger charge is -2.26. The summed E-state index contributed by atoms with van der Waals surface area (Å²) in [5.74, 6) is -0.360. The second-order valence-electron chi connectivity index (χ2n) is 12.2. The van der Waals surface area contributed by atoms with Gasteiger partial charge < -0.3 is 25.4 Å². The minimum Gasteiger partial charge on any atom is -0.497 e. The number of ether oxygens (including phenoxy) is 2. The molecule has 1 saturated heterocycles. The number of Topliss-reactive ketones (excluding diaryl/α,β-unsaturated/α-hetero) is 1. The molecule has 43 heavy (non-hydrogen) atoms. The summed E-state index contributed by atoms with van der Waals surface area (Å²) in [5.41, 5.74) is 2.57. The molecule has 1 saturated carbocycles. The van der Waals surface area contributed by atoms with Crippen LogP contribution >= 0.6 is 0 Å². The molecule has 5 rings (SSSR count). The smallest absolute Gasteiger partial charge is 0.248 e. The topological polar surface area (TPSA) is 126 Å². The summed E-state index contributed by atoms with van der Waals surface area (Å²) < 4.78 is 10.7. The standard InChI is InChI=1S/C34H41N3O6/c1-21(35-32(40)26-18-24-10-6-7-11-25(24)19-26)31(39)37-29(17-23-12-14-27(42-3)15-13-23)33(41)36-28(16-22-8-4-5-9-22)30(38)34(2)20-43-34/h6-7,10-15,18,21-22,28-29H,4-5,8-9,16-17,19-20H2,1-3H3,(H,35,40)(H,36,41)(H,37,39)/t21-,28+,29+,34+/m1/s1. The molecule has 4 atom stereocenters. The third-order valence-electron chi connectivity index (χ3n) is 8.81. The number of hydrogen-bond donors (Lipinski definition) is 3. The van der Waals surface area contributed by atoms with E-state index in [9.17, 15) is 19.2 Å². The summed E-state index contributed by atoms with van der Waals surface area (Å²) in [6.45, 7) is 3.69. The van der Waals surface area contributed by atoms with Crippen LogP contribution in [0.5, 0.6) is 5.75 Å². The number of fused-ring (bicyclic) bond motifs is 1. The average Bonchev–Trinajstić information content (AvgIpc) is 3.36. The Bertz CT molecular complexity index is 1390. The lowest BCUT2D eigenvalue weighted by atomic mass is 9.90. The van der Waals surface area contributed by atoms with E-state index < -0.39 is 35.5 Å². The van der Waals surface area contributed by atoms with Gasteiger partial charge in [-0.05, 0) is 61.1 Å². The van der Waals surface area contributed by atoms with Crippen LogP contribution in [0, 0.1) is 5.92 Å². The quantitative estimate of drug-likeness (QED) is 0.309. The number of rotatable bonds is 13. The number of nitrogens with one attached hydrogen (secondary N) is 3. The van der Waals surface area contributed by atoms with Gasteiger partial charge in [0.2, 0.25) is 17.7 Å². The zero-order valence-corrected chi connectivity index (χ0v) is 25.1. The second kappa shape index (κ2) is 13.1. The first-order valence-corrected chi connectivity index (χ1v) is 15.2. The number of epoxide rings is 1. The molecule has 0 aromatic heterocycles. The Balaban J connectivity index is 1.28. The molecule has 2 aliphatic carbocycles. The van der Waals surface area contributed by atoms with E-state index in [0.717, 1.165) is 42.4 Å². The number of carbonyl (C=O) groups excluding carboxylic acids is 4. The highest BCUT2D eigenvalue weighted by Crippen LogP contribution is 2.33. The van der Waals surface area contributed by atoms with Crippen molar-refractivity contribution >= 4 is 29.6 Å². The normalized spacial score (nSPS) is 21.1. The first-order valence-electron chi connectivity index (χ1n) is 15.2. The van der Waals surface area contributed by atoms with Crippen LogP contribution in [0.3, 0.4) is 0 Å². The summed E-state index contributed by atoms with van der Waals surface area (Å²) >= 11 is 0. The Hall–Kier alpha value is -3.98. The van der Waals surface area contributed by atoms with Gasteiger partial charge in [0.25, 0.3) is 0 Å². The van der Waals surface area contributed by atoms with E-state index >= 15 is 0 Å². The number of ketones is 1. The third kappa shape index (κ3) is 7.51. The van der Waals surface area contributed by atoms with E-state index in [2.05, 4.69) is 16.0 Å². The van der Waals surface area contributed by atoms with E-state index in [4.69, 9.17) is 9.47 Å². The maximum absolute atomic E-state index is 13.8. The minimum absolute atomic E-state index is 0.131. The molecule has 3 aliphatic rings. The molecule has 2 fully saturated rings. The molecular formula is C34H41N3O6. The van der Waals surface area contributed by atoms with Crippen LogP contribution in [0.15, 0.2) is 54.1 Å². The number of carbonyl (C=O) groups is 4. The molecule has 2 aromatic rings. The molecule has 3 N–H and O–H groups in total. The number of benzene rings is 2. The van der Waals surface area contributed by atoms with E-state index in [1.165, 1.54) is 0 Å². The van der Waals surface area contributed by atoms with E-state index in [0.29, 0.717) is 36.7 Å². The first kappa shape index (κ1) is 30.5. The van der Waals surface area contributed by atoms with Gasteiger partial charge in [0.1, 0.15) is 23.4 Å². The van der Waals surface area contributed by atoms with E-state index in [-0.39, 0.29) is 18.1 Å². The Morgan fingerprint density at radius 3 is 2.28 bits per heavy atom. The van der Waals surface area contributed by atoms with Crippen LogP contribution in [0.2, 0.25) is 0 Å². The Morgan fingerprint density at radius 1 is 0.953 bits per heavy atom. The fourth-order valence-corrected chi connectivity index (χ4v) is 5.99. The molecule has 228 valence electrons. The Morgan fingerprint density at radius 2 is 1.63 bits per heavy atom. The monoisotopic (exact) mass is 587 g/mol. The third-order valence-corrected chi connectivity index (χ3v) is 8.81. The molecule has 0 unspecified atom stereocenters. The lowest BCUT2D eigenvalue weighted by Crippen LogP contribution is -2.57. The second-order valence-corrected chi connectivity index (χ2v) is 12.2. The van der Waals surface area contributed by atoms with Gasteiger partial charge in [-0.25, -0.2) is 0 Å². The fraction of sp³-hybridized carbons (Fsp3) is 0.471. The summed E-state index contributed by atoms with van der Waals surface area (Å²) in [5, 5.41) is 8.59. The predicted molar refractivity (Wildman–Crippen MR) is 162 cm³/mol. The fourth-order valence-electron chi connectivity index (χ4n) is 5.99. The molecule has 2 aromatic carbocycles. The maximum atomic E-state index is 13.8. The molecule has 0 bridgehead atoms. The molecular weight excluding hydrogens is 546 g/mol. The van der Waals surface area contributed by atoms with Crippen LogP contribution in [0.25, 0.3) is 6.08 Å². The highest BCUT2D eigenvalue weighted by molar-refractivity contribution is 6.03. The number of amides is 3. The van der Waals surface area contributed by atoms with Crippen molar-refractivity contribution in [2.45, 2.75) is 82.5 Å². The van der Waals surface area contributed by atoms with Crippen molar-refractivity contribution in [1.29, 1.82) is 0 Å². The zero-order chi connectivity index (χ0) is 30.6. The molecule has 9 nitrogen and oxygen atoms in total. The number of hydrogen-bond acceptors (Lipinski definition) is 6. The van der Waals surface area contributed by atoms with Crippen LogP contribution in [-0.2, 0) is 36.8 Å². The minimum atomic E-state index is -0.970. The van der Waals surface area contributed by atoms with Crippen molar-refractivity contribution in [2.24, 2.45) is 5.92 Å². The highest BCUT2D eigenvalue weighted by atomic mass is 16.6. The van der Waals surface area contributed by atoms with Crippen LogP contribution < -0.4 is 20.7 Å². The molecule has 9 heteroatoms. The van der Waals surface area contributed by atoms with Crippen molar-refractivity contribution < 1.29 is 28.7 Å². The Labute approximate surface area is 252 Å². The summed E-state index contributed by atoms with van der Waals surface area (Å²) in [6.07, 6.45) is 7.38. The van der Waals surface area contributed by atoms with Crippen molar-refractivity contribution in [2.75, 3.05) is 13.7 Å². The van der Waals surface area contributed by atoms with Crippen LogP contribution in [0.1, 0.15) is 62.6 Å². The van der Waals surface area contributed by atoms with E-state index in [1.54, 1.807) is 33.1 Å². The summed E-state index contributed by atoms with van der Waals surface area (Å²) in [4.78, 5) is 53.5. The Kier molecular flexibility index (Phi) is 9.30. The van der Waals surface area contributed by atoms with Crippen molar-refractivity contribution in [3.05, 3.63) is 70.8 Å². The van der Waals surface area contributed by atoms with Crippen molar-refractivity contribution in [3.63, 3.8) is 0 Å². The van der Waals surface area contributed by atoms with Crippen molar-refractivity contribution in [3.8, 4) is 5.75 Å². The zero-order valence-electron chi connectivity index (χ0n) is 25.1. The van der Waals surface area contributed by atoms with Gasteiger partial charge in [0.15, 0.2) is 5.78 Å². The lowest BCUT2D eigenvalue weighted by molar-refractivity contribution is -0.134. The first-order chi connectivity index (χ1) is 20.6. The maximum Gasteiger partial charge on any atom is 0.248 e. The highest BCUT2D eigenvalue weighted by Gasteiger charge is 2.50. The molecule has 3 amide bonds. The van der Waals surface area contributed by atoms with Gasteiger partial charge in [-0.1, -0.05) is 62.1 Å². The van der Waals surface area contributed by atoms with Crippen molar-refractivity contribution in [1.82, 2.24) is 16.0 Å². The van der Waals surface area contributed by atoms with Crippen LogP contribution in [0.4, 0.5) is 0 Å².